The molecule has 1 aliphatic rings. The number of H-pyrrole nitrogens is 1. The molecule has 4 unspecified atom stereocenters. The summed E-state index contributed by atoms with van der Waals surface area (Å²) in [6.45, 7) is 0.815. The Balaban J connectivity index is 2.12. The van der Waals surface area contributed by atoms with Gasteiger partial charge >= 0.3 is 11.9 Å². The number of rotatable bonds is 16. The smallest absolute Gasteiger partial charge is 0.326 e. The Morgan fingerprint density at radius 1 is 1.05 bits per heavy atom. The van der Waals surface area contributed by atoms with Gasteiger partial charge in [0.05, 0.1) is 12.4 Å². The van der Waals surface area contributed by atoms with E-state index in [0.717, 1.165) is 6.42 Å². The van der Waals surface area contributed by atoms with E-state index in [1.54, 1.807) is 0 Å². The van der Waals surface area contributed by atoms with Crippen LogP contribution in [0.4, 0.5) is 0 Å². The summed E-state index contributed by atoms with van der Waals surface area (Å²) in [5, 5.41) is 29.1. The van der Waals surface area contributed by atoms with Crippen LogP contribution in [0.2, 0.25) is 0 Å². The van der Waals surface area contributed by atoms with Crippen LogP contribution in [0.5, 0.6) is 0 Å². The van der Waals surface area contributed by atoms with Crippen molar-refractivity contribution < 1.29 is 34.2 Å². The van der Waals surface area contributed by atoms with Gasteiger partial charge in [-0.3, -0.25) is 24.2 Å². The number of aromatic nitrogens is 2. The topological polar surface area (TPSA) is 267 Å². The largest absolute Gasteiger partial charge is 0.481 e. The monoisotopic (exact) mass is 537 g/mol. The summed E-state index contributed by atoms with van der Waals surface area (Å²) in [5.74, 6) is -4.69. The number of nitrogens with zero attached hydrogens (tertiary/aromatic N) is 2. The predicted octanol–water partition coefficient (Wildman–Crippen LogP) is -2.84. The summed E-state index contributed by atoms with van der Waals surface area (Å²) in [5.41, 5.74) is 11.0. The minimum absolute atomic E-state index is 0.00958. The fourth-order valence-corrected chi connectivity index (χ4v) is 3.85. The van der Waals surface area contributed by atoms with Crippen molar-refractivity contribution in [1.82, 2.24) is 31.2 Å². The Bertz CT molecular complexity index is 989. The van der Waals surface area contributed by atoms with Crippen molar-refractivity contribution in [3.05, 3.63) is 18.2 Å². The molecule has 0 spiro atoms. The molecule has 3 amide bonds. The van der Waals surface area contributed by atoms with Crippen molar-refractivity contribution in [2.24, 2.45) is 16.5 Å². The molecule has 1 fully saturated rings. The number of hydrogen-bond donors (Lipinski definition) is 9. The van der Waals surface area contributed by atoms with Crippen LogP contribution in [-0.2, 0) is 30.4 Å². The predicted molar refractivity (Wildman–Crippen MR) is 134 cm³/mol. The van der Waals surface area contributed by atoms with E-state index in [4.69, 9.17) is 16.6 Å². The van der Waals surface area contributed by atoms with Crippen molar-refractivity contribution >= 4 is 35.6 Å². The van der Waals surface area contributed by atoms with E-state index in [2.05, 4.69) is 36.2 Å². The maximum absolute atomic E-state index is 13.2. The van der Waals surface area contributed by atoms with E-state index < -0.39 is 54.3 Å². The van der Waals surface area contributed by atoms with Gasteiger partial charge in [0, 0.05) is 31.3 Å². The van der Waals surface area contributed by atoms with Gasteiger partial charge < -0.3 is 47.9 Å². The molecular formula is C22H35N9O7. The third-order valence-corrected chi connectivity index (χ3v) is 5.83. The number of carboxylic acid groups (broad SMARTS) is 2. The number of guanidine groups is 1. The molecule has 1 aromatic rings. The van der Waals surface area contributed by atoms with E-state index in [0.29, 0.717) is 18.7 Å². The molecule has 0 aliphatic carbocycles. The minimum Gasteiger partial charge on any atom is -0.481 e. The van der Waals surface area contributed by atoms with E-state index in [1.165, 1.54) is 12.5 Å². The number of carbonyl (C=O) groups excluding carboxylic acids is 3. The second kappa shape index (κ2) is 15.1. The second-order valence-corrected chi connectivity index (χ2v) is 8.83. The molecule has 0 aromatic carbocycles. The molecule has 1 aliphatic heterocycles. The lowest BCUT2D eigenvalue weighted by Gasteiger charge is -2.25. The zero-order chi connectivity index (χ0) is 28.1. The maximum Gasteiger partial charge on any atom is 0.326 e. The summed E-state index contributed by atoms with van der Waals surface area (Å²) in [6.07, 6.45) is 3.80. The van der Waals surface area contributed by atoms with Gasteiger partial charge in [-0.05, 0) is 38.6 Å². The van der Waals surface area contributed by atoms with Crippen molar-refractivity contribution in [3.63, 3.8) is 0 Å². The molecule has 1 saturated heterocycles. The Labute approximate surface area is 218 Å². The number of imidazole rings is 1. The molecule has 210 valence electrons. The summed E-state index contributed by atoms with van der Waals surface area (Å²) in [6, 6.07) is -4.27. The highest BCUT2D eigenvalue weighted by atomic mass is 16.4. The van der Waals surface area contributed by atoms with E-state index in [-0.39, 0.29) is 44.1 Å². The van der Waals surface area contributed by atoms with Crippen LogP contribution >= 0.6 is 0 Å². The first-order valence-corrected chi connectivity index (χ1v) is 12.2. The molecule has 1 aromatic heterocycles. The molecule has 16 nitrogen and oxygen atoms in total. The average molecular weight is 538 g/mol. The number of aliphatic imine (C=N–C) groups is 1. The van der Waals surface area contributed by atoms with Gasteiger partial charge in [0.15, 0.2) is 5.96 Å². The zero-order valence-electron chi connectivity index (χ0n) is 20.8. The molecular weight excluding hydrogens is 502 g/mol. The van der Waals surface area contributed by atoms with Crippen LogP contribution in [0, 0.1) is 0 Å². The molecule has 0 saturated carbocycles. The molecule has 11 N–H and O–H groups in total. The number of nitrogens with one attached hydrogen (secondary N) is 5. The summed E-state index contributed by atoms with van der Waals surface area (Å²) in [4.78, 5) is 72.2. The third kappa shape index (κ3) is 10.4. The van der Waals surface area contributed by atoms with E-state index in [9.17, 15) is 29.1 Å². The number of aromatic amines is 1. The van der Waals surface area contributed by atoms with Crippen molar-refractivity contribution in [2.45, 2.75) is 69.1 Å². The maximum atomic E-state index is 13.2. The van der Waals surface area contributed by atoms with E-state index in [1.807, 2.05) is 0 Å². The Kier molecular flexibility index (Phi) is 12.0. The Morgan fingerprint density at radius 2 is 1.76 bits per heavy atom. The van der Waals surface area contributed by atoms with Crippen LogP contribution < -0.4 is 32.7 Å². The fraction of sp³-hybridized carbons (Fsp3) is 0.591. The molecule has 0 radical (unpaired) electrons. The van der Waals surface area contributed by atoms with Gasteiger partial charge in [-0.15, -0.1) is 0 Å². The Morgan fingerprint density at radius 3 is 2.34 bits per heavy atom. The van der Waals surface area contributed by atoms with E-state index >= 15 is 0 Å². The first-order chi connectivity index (χ1) is 18.1. The summed E-state index contributed by atoms with van der Waals surface area (Å²) < 4.78 is 0. The second-order valence-electron chi connectivity index (χ2n) is 8.83. The highest BCUT2D eigenvalue weighted by Gasteiger charge is 2.32. The van der Waals surface area contributed by atoms with Gasteiger partial charge in [0.2, 0.25) is 17.7 Å². The first-order valence-electron chi connectivity index (χ1n) is 12.2. The number of carbonyl (C=O) groups is 5. The van der Waals surface area contributed by atoms with Crippen LogP contribution in [0.25, 0.3) is 0 Å². The molecule has 0 bridgehead atoms. The SMILES string of the molecule is NC(N)=NCCCC(NC(=O)C(CCC(=O)O)NC(=O)C(Cc1cnc[nH]1)NC(=O)C1CCCN1)C(=O)O. The fourth-order valence-electron chi connectivity index (χ4n) is 3.85. The van der Waals surface area contributed by atoms with Crippen molar-refractivity contribution in [3.8, 4) is 0 Å². The molecule has 4 atom stereocenters. The number of amides is 3. The number of carboxylic acids is 2. The molecule has 16 heteroatoms. The Hall–Kier alpha value is -4.21. The zero-order valence-corrected chi connectivity index (χ0v) is 20.8. The van der Waals surface area contributed by atoms with Gasteiger partial charge in [0.25, 0.3) is 0 Å². The highest BCUT2D eigenvalue weighted by Crippen LogP contribution is 2.08. The number of aliphatic carboxylic acids is 2. The van der Waals surface area contributed by atoms with Crippen LogP contribution in [0.15, 0.2) is 17.5 Å². The van der Waals surface area contributed by atoms with Crippen molar-refractivity contribution in [2.75, 3.05) is 13.1 Å². The normalized spacial score (nSPS) is 17.0. The molecule has 38 heavy (non-hydrogen) atoms. The lowest BCUT2D eigenvalue weighted by Crippen LogP contribution is -2.57. The summed E-state index contributed by atoms with van der Waals surface area (Å²) >= 11 is 0. The lowest BCUT2D eigenvalue weighted by atomic mass is 10.1. The third-order valence-electron chi connectivity index (χ3n) is 5.83. The standard InChI is InChI=1S/C22H35N9O7/c23-22(24)27-8-2-4-15(21(37)38)30-19(35)14(5-6-17(32)33)29-20(36)16(9-12-10-25-11-28-12)31-18(34)13-3-1-7-26-13/h10-11,13-16,26H,1-9H2,(H,25,28)(H,29,36)(H,30,35)(H,31,34)(H,32,33)(H,37,38)(H4,23,24,27). The van der Waals surface area contributed by atoms with Gasteiger partial charge in [-0.1, -0.05) is 0 Å². The summed E-state index contributed by atoms with van der Waals surface area (Å²) in [7, 11) is 0. The van der Waals surface area contributed by atoms with Crippen LogP contribution in [0.1, 0.15) is 44.2 Å². The number of nitrogens with two attached hydrogens (primary N) is 2. The highest BCUT2D eigenvalue weighted by molar-refractivity contribution is 5.94. The van der Waals surface area contributed by atoms with Gasteiger partial charge in [-0.2, -0.15) is 0 Å². The van der Waals surface area contributed by atoms with Gasteiger partial charge in [0.1, 0.15) is 18.1 Å². The quantitative estimate of drug-likeness (QED) is 0.0588. The first kappa shape index (κ1) is 30.0. The van der Waals surface area contributed by atoms with Gasteiger partial charge in [-0.25, -0.2) is 9.78 Å². The molecule has 2 heterocycles. The average Bonchev–Trinajstić information content (AvgIpc) is 3.57. The molecule has 2 rings (SSSR count). The number of hydrogen-bond acceptors (Lipinski definition) is 8. The van der Waals surface area contributed by atoms with Crippen LogP contribution in [0.3, 0.4) is 0 Å². The lowest BCUT2D eigenvalue weighted by molar-refractivity contribution is -0.143. The van der Waals surface area contributed by atoms with Crippen molar-refractivity contribution in [1.29, 1.82) is 0 Å². The minimum atomic E-state index is -1.37. The van der Waals surface area contributed by atoms with Crippen LogP contribution in [-0.4, -0.2) is 93.1 Å².